The molecule has 158 valence electrons. The van der Waals surface area contributed by atoms with Gasteiger partial charge in [0, 0.05) is 32.1 Å². The lowest BCUT2D eigenvalue weighted by Gasteiger charge is -2.27. The van der Waals surface area contributed by atoms with Gasteiger partial charge in [0.2, 0.25) is 15.9 Å². The summed E-state index contributed by atoms with van der Waals surface area (Å²) in [7, 11) is 0.240. The molecular formula is C20H28N4O3S2. The summed E-state index contributed by atoms with van der Waals surface area (Å²) in [6.45, 7) is 1.68. The Morgan fingerprint density at radius 2 is 1.93 bits per heavy atom. The molecule has 9 heteroatoms. The zero-order valence-corrected chi connectivity index (χ0v) is 18.5. The number of rotatable bonds is 8. The van der Waals surface area contributed by atoms with Crippen molar-refractivity contribution in [1.29, 1.82) is 0 Å². The number of amides is 1. The number of nitrogens with one attached hydrogen (secondary N) is 2. The van der Waals surface area contributed by atoms with Gasteiger partial charge in [0.1, 0.15) is 0 Å². The minimum absolute atomic E-state index is 0.0689. The lowest BCUT2D eigenvalue weighted by Crippen LogP contribution is -2.35. The zero-order chi connectivity index (χ0) is 20.9. The van der Waals surface area contributed by atoms with Crippen LogP contribution in [0.3, 0.4) is 0 Å². The molecule has 1 fully saturated rings. The normalized spacial score (nSPS) is 15.1. The fourth-order valence-corrected chi connectivity index (χ4v) is 5.49. The van der Waals surface area contributed by atoms with E-state index in [1.54, 1.807) is 33.8 Å². The lowest BCUT2D eigenvalue weighted by molar-refractivity contribution is -0.119. The van der Waals surface area contributed by atoms with Crippen LogP contribution in [0, 0.1) is 0 Å². The third-order valence-corrected chi connectivity index (χ3v) is 7.65. The second-order valence-electron chi connectivity index (χ2n) is 7.25. The molecule has 1 aromatic carbocycles. The van der Waals surface area contributed by atoms with Crippen LogP contribution in [0.25, 0.3) is 0 Å². The first kappa shape index (κ1) is 21.6. The highest BCUT2D eigenvalue weighted by Crippen LogP contribution is 2.29. The molecule has 0 unspecified atom stereocenters. The molecule has 2 N–H and O–H groups in total. The van der Waals surface area contributed by atoms with E-state index in [4.69, 9.17) is 0 Å². The highest BCUT2D eigenvalue weighted by atomic mass is 32.2. The quantitative estimate of drug-likeness (QED) is 0.665. The summed E-state index contributed by atoms with van der Waals surface area (Å²) in [5, 5.41) is 7.95. The topological polar surface area (TPSA) is 81.8 Å². The van der Waals surface area contributed by atoms with Gasteiger partial charge in [-0.15, -0.1) is 11.3 Å². The van der Waals surface area contributed by atoms with Crippen LogP contribution in [0.1, 0.15) is 24.1 Å². The molecule has 0 aliphatic carbocycles. The molecule has 2 heterocycles. The SMILES string of the molecule is CN(C)c1ccc(S(=O)(=O)N2CCCCC2)cc1NCC(=O)NCc1cccs1. The molecule has 0 saturated carbocycles. The molecule has 29 heavy (non-hydrogen) atoms. The molecule has 1 amide bonds. The van der Waals surface area contributed by atoms with Crippen LogP contribution in [-0.4, -0.2) is 52.4 Å². The monoisotopic (exact) mass is 436 g/mol. The summed E-state index contributed by atoms with van der Waals surface area (Å²) in [6, 6.07) is 8.97. The molecule has 0 bridgehead atoms. The largest absolute Gasteiger partial charge is 0.376 e. The average Bonchev–Trinajstić information content (AvgIpc) is 3.24. The van der Waals surface area contributed by atoms with Gasteiger partial charge in [-0.2, -0.15) is 4.31 Å². The first-order valence-electron chi connectivity index (χ1n) is 9.72. The average molecular weight is 437 g/mol. The Bertz CT molecular complexity index is 921. The number of hydrogen-bond acceptors (Lipinski definition) is 6. The number of anilines is 2. The fourth-order valence-electron chi connectivity index (χ4n) is 3.30. The van der Waals surface area contributed by atoms with Gasteiger partial charge in [-0.05, 0) is 42.5 Å². The number of carbonyl (C=O) groups excluding carboxylic acids is 1. The van der Waals surface area contributed by atoms with E-state index >= 15 is 0 Å². The summed E-state index contributed by atoms with van der Waals surface area (Å²) < 4.78 is 27.6. The summed E-state index contributed by atoms with van der Waals surface area (Å²) in [5.74, 6) is -0.146. The van der Waals surface area contributed by atoms with E-state index in [0.717, 1.165) is 29.8 Å². The number of nitrogens with zero attached hydrogens (tertiary/aromatic N) is 2. The van der Waals surface area contributed by atoms with Gasteiger partial charge in [0.25, 0.3) is 0 Å². The van der Waals surface area contributed by atoms with E-state index in [2.05, 4.69) is 10.6 Å². The predicted molar refractivity (Wildman–Crippen MR) is 118 cm³/mol. The zero-order valence-electron chi connectivity index (χ0n) is 16.8. The maximum atomic E-state index is 13.0. The van der Waals surface area contributed by atoms with Crippen LogP contribution in [0.15, 0.2) is 40.6 Å². The van der Waals surface area contributed by atoms with Crippen LogP contribution in [0.2, 0.25) is 0 Å². The fraction of sp³-hybridized carbons (Fsp3) is 0.450. The molecule has 1 aliphatic rings. The van der Waals surface area contributed by atoms with Gasteiger partial charge in [-0.1, -0.05) is 12.5 Å². The number of carbonyl (C=O) groups is 1. The Morgan fingerprint density at radius 3 is 2.59 bits per heavy atom. The summed E-state index contributed by atoms with van der Waals surface area (Å²) in [6.07, 6.45) is 2.86. The second-order valence-corrected chi connectivity index (χ2v) is 10.2. The molecule has 2 aromatic rings. The highest BCUT2D eigenvalue weighted by molar-refractivity contribution is 7.89. The highest BCUT2D eigenvalue weighted by Gasteiger charge is 2.26. The molecule has 7 nitrogen and oxygen atoms in total. The maximum absolute atomic E-state index is 13.0. The maximum Gasteiger partial charge on any atom is 0.243 e. The Hall–Kier alpha value is -2.10. The standard InChI is InChI=1S/C20H28N4O3S2/c1-23(2)19-9-8-17(29(26,27)24-10-4-3-5-11-24)13-18(19)21-15-20(25)22-14-16-7-6-12-28-16/h6-9,12-13,21H,3-5,10-11,14-15H2,1-2H3,(H,22,25). The molecule has 1 saturated heterocycles. The van der Waals surface area contributed by atoms with Crippen molar-refractivity contribution in [2.24, 2.45) is 0 Å². The Kier molecular flexibility index (Phi) is 7.15. The van der Waals surface area contributed by atoms with Crippen LogP contribution in [0.4, 0.5) is 11.4 Å². The van der Waals surface area contributed by atoms with Gasteiger partial charge in [-0.25, -0.2) is 8.42 Å². The van der Waals surface area contributed by atoms with Crippen molar-refractivity contribution in [3.8, 4) is 0 Å². The van der Waals surface area contributed by atoms with Crippen molar-refractivity contribution in [2.45, 2.75) is 30.7 Å². The van der Waals surface area contributed by atoms with Crippen molar-refractivity contribution >= 4 is 38.6 Å². The lowest BCUT2D eigenvalue weighted by atomic mass is 10.2. The molecule has 0 radical (unpaired) electrons. The minimum atomic E-state index is -3.53. The number of sulfonamides is 1. The molecule has 0 atom stereocenters. The van der Waals surface area contributed by atoms with Crippen LogP contribution in [0.5, 0.6) is 0 Å². The van der Waals surface area contributed by atoms with Crippen molar-refractivity contribution in [3.05, 3.63) is 40.6 Å². The van der Waals surface area contributed by atoms with Crippen molar-refractivity contribution in [1.82, 2.24) is 9.62 Å². The Morgan fingerprint density at radius 1 is 1.17 bits per heavy atom. The third kappa shape index (κ3) is 5.49. The Balaban J connectivity index is 1.72. The van der Waals surface area contributed by atoms with Gasteiger partial charge >= 0.3 is 0 Å². The van der Waals surface area contributed by atoms with E-state index in [9.17, 15) is 13.2 Å². The van der Waals surface area contributed by atoms with Crippen LogP contribution < -0.4 is 15.5 Å². The van der Waals surface area contributed by atoms with Crippen LogP contribution in [-0.2, 0) is 21.4 Å². The molecule has 3 rings (SSSR count). The third-order valence-electron chi connectivity index (χ3n) is 4.88. The van der Waals surface area contributed by atoms with Gasteiger partial charge < -0.3 is 15.5 Å². The second kappa shape index (κ2) is 9.60. The van der Waals surface area contributed by atoms with E-state index < -0.39 is 10.0 Å². The number of benzene rings is 1. The van der Waals surface area contributed by atoms with Gasteiger partial charge in [0.05, 0.1) is 29.4 Å². The smallest absolute Gasteiger partial charge is 0.243 e. The Labute approximate surface area is 176 Å². The van der Waals surface area contributed by atoms with E-state index in [-0.39, 0.29) is 17.3 Å². The van der Waals surface area contributed by atoms with Gasteiger partial charge in [-0.3, -0.25) is 4.79 Å². The van der Waals surface area contributed by atoms with E-state index in [1.165, 1.54) is 0 Å². The summed E-state index contributed by atoms with van der Waals surface area (Å²) in [5.41, 5.74) is 1.45. The number of hydrogen-bond donors (Lipinski definition) is 2. The molecular weight excluding hydrogens is 408 g/mol. The van der Waals surface area contributed by atoms with Gasteiger partial charge in [0.15, 0.2) is 0 Å². The minimum Gasteiger partial charge on any atom is -0.376 e. The predicted octanol–water partition coefficient (Wildman–Crippen LogP) is 2.72. The number of piperidine rings is 1. The van der Waals surface area contributed by atoms with Crippen molar-refractivity contribution in [3.63, 3.8) is 0 Å². The van der Waals surface area contributed by atoms with E-state index in [1.807, 2.05) is 36.5 Å². The van der Waals surface area contributed by atoms with Crippen LogP contribution >= 0.6 is 11.3 Å². The van der Waals surface area contributed by atoms with Crippen molar-refractivity contribution in [2.75, 3.05) is 43.9 Å². The van der Waals surface area contributed by atoms with E-state index in [0.29, 0.717) is 25.3 Å². The molecule has 0 spiro atoms. The summed E-state index contributed by atoms with van der Waals surface area (Å²) >= 11 is 1.59. The first-order chi connectivity index (χ1) is 13.9. The van der Waals surface area contributed by atoms with Crippen molar-refractivity contribution < 1.29 is 13.2 Å². The molecule has 1 aliphatic heterocycles. The number of thiophene rings is 1. The first-order valence-corrected chi connectivity index (χ1v) is 12.0. The molecule has 1 aromatic heterocycles. The summed E-state index contributed by atoms with van der Waals surface area (Å²) in [4.78, 5) is 15.4.